The molecule has 2 rings (SSSR count). The zero-order chi connectivity index (χ0) is 16.3. The van der Waals surface area contributed by atoms with E-state index in [0.29, 0.717) is 17.1 Å². The number of carboxylic acids is 1. The van der Waals surface area contributed by atoms with Crippen LogP contribution in [0.3, 0.4) is 0 Å². The summed E-state index contributed by atoms with van der Waals surface area (Å²) >= 11 is 0. The molecule has 1 aromatic heterocycles. The van der Waals surface area contributed by atoms with Gasteiger partial charge in [-0.05, 0) is 31.3 Å². The molecule has 0 fully saturated rings. The van der Waals surface area contributed by atoms with E-state index in [1.54, 1.807) is 19.2 Å². The van der Waals surface area contributed by atoms with Crippen molar-refractivity contribution in [1.82, 2.24) is 4.90 Å². The van der Waals surface area contributed by atoms with Gasteiger partial charge in [-0.1, -0.05) is 12.1 Å². The van der Waals surface area contributed by atoms with Gasteiger partial charge in [-0.2, -0.15) is 13.2 Å². The summed E-state index contributed by atoms with van der Waals surface area (Å²) in [5.74, 6) is -0.173. The molecule has 0 atom stereocenters. The van der Waals surface area contributed by atoms with Crippen LogP contribution in [0.1, 0.15) is 11.3 Å². The number of nitrogens with zero attached hydrogens (tertiary/aromatic N) is 1. The molecule has 7 heteroatoms. The van der Waals surface area contributed by atoms with Crippen LogP contribution in [-0.4, -0.2) is 29.6 Å². The average Bonchev–Trinajstić information content (AvgIpc) is 2.85. The Kier molecular flexibility index (Phi) is 4.56. The number of hydrogen-bond donors (Lipinski definition) is 1. The Hall–Kier alpha value is -2.28. The molecule has 22 heavy (non-hydrogen) atoms. The molecule has 0 amide bonds. The van der Waals surface area contributed by atoms with Gasteiger partial charge in [-0.3, -0.25) is 9.69 Å². The number of rotatable bonds is 5. The summed E-state index contributed by atoms with van der Waals surface area (Å²) in [6, 6.07) is 8.04. The number of alkyl halides is 3. The molecule has 118 valence electrons. The van der Waals surface area contributed by atoms with Gasteiger partial charge in [-0.15, -0.1) is 0 Å². The third kappa shape index (κ3) is 4.11. The number of hydrogen-bond acceptors (Lipinski definition) is 3. The van der Waals surface area contributed by atoms with Crippen molar-refractivity contribution < 1.29 is 27.5 Å². The maximum atomic E-state index is 12.7. The van der Waals surface area contributed by atoms with Gasteiger partial charge in [0.1, 0.15) is 11.5 Å². The summed E-state index contributed by atoms with van der Waals surface area (Å²) in [6.45, 7) is 0.102. The lowest BCUT2D eigenvalue weighted by molar-refractivity contribution is -0.138. The Morgan fingerprint density at radius 3 is 2.64 bits per heavy atom. The lowest BCUT2D eigenvalue weighted by atomic mass is 10.1. The van der Waals surface area contributed by atoms with Crippen molar-refractivity contribution >= 4 is 5.97 Å². The van der Waals surface area contributed by atoms with Gasteiger partial charge in [0, 0.05) is 5.56 Å². The lowest BCUT2D eigenvalue weighted by Gasteiger charge is -2.11. The predicted octanol–water partition coefficient (Wildman–Crippen LogP) is 3.48. The van der Waals surface area contributed by atoms with E-state index in [4.69, 9.17) is 9.52 Å². The van der Waals surface area contributed by atoms with E-state index in [1.807, 2.05) is 0 Å². The van der Waals surface area contributed by atoms with Crippen molar-refractivity contribution in [2.45, 2.75) is 12.7 Å². The number of aliphatic carboxylic acids is 1. The van der Waals surface area contributed by atoms with Crippen LogP contribution in [0.5, 0.6) is 0 Å². The fourth-order valence-corrected chi connectivity index (χ4v) is 2.02. The molecule has 4 nitrogen and oxygen atoms in total. The maximum absolute atomic E-state index is 12.7. The highest BCUT2D eigenvalue weighted by molar-refractivity contribution is 5.69. The molecule has 0 aliphatic heterocycles. The standard InChI is InChI=1S/C15H14F3NO3/c1-19(9-14(20)21)8-12-5-6-13(22-12)10-3-2-4-11(7-10)15(16,17)18/h2-7H,8-9H2,1H3,(H,20,21). The SMILES string of the molecule is CN(CC(=O)O)Cc1ccc(-c2cccc(C(F)(F)F)c2)o1. The summed E-state index contributed by atoms with van der Waals surface area (Å²) in [6.07, 6.45) is -4.41. The van der Waals surface area contributed by atoms with E-state index in [1.165, 1.54) is 17.0 Å². The van der Waals surface area contributed by atoms with Gasteiger partial charge in [0.25, 0.3) is 0 Å². The van der Waals surface area contributed by atoms with Crippen molar-refractivity contribution in [2.24, 2.45) is 0 Å². The van der Waals surface area contributed by atoms with Gasteiger partial charge < -0.3 is 9.52 Å². The molecule has 1 aromatic carbocycles. The van der Waals surface area contributed by atoms with Crippen LogP contribution in [0.2, 0.25) is 0 Å². The Morgan fingerprint density at radius 1 is 1.27 bits per heavy atom. The molecule has 0 spiro atoms. The van der Waals surface area contributed by atoms with Gasteiger partial charge >= 0.3 is 12.1 Å². The predicted molar refractivity (Wildman–Crippen MR) is 73.1 cm³/mol. The van der Waals surface area contributed by atoms with Crippen LogP contribution in [-0.2, 0) is 17.5 Å². The molecule has 1 heterocycles. The van der Waals surface area contributed by atoms with E-state index in [2.05, 4.69) is 0 Å². The molecular formula is C15H14F3NO3. The molecule has 1 N–H and O–H groups in total. The fraction of sp³-hybridized carbons (Fsp3) is 0.267. The highest BCUT2D eigenvalue weighted by Gasteiger charge is 2.30. The Balaban J connectivity index is 2.16. The number of carbonyl (C=O) groups is 1. The molecule has 0 unspecified atom stereocenters. The Bertz CT molecular complexity index is 664. The number of benzene rings is 1. The Labute approximate surface area is 124 Å². The van der Waals surface area contributed by atoms with Crippen molar-refractivity contribution in [3.8, 4) is 11.3 Å². The minimum atomic E-state index is -4.41. The van der Waals surface area contributed by atoms with E-state index < -0.39 is 17.7 Å². The molecule has 0 radical (unpaired) electrons. The zero-order valence-corrected chi connectivity index (χ0v) is 11.7. The second-order valence-electron chi connectivity index (χ2n) is 4.91. The fourth-order valence-electron chi connectivity index (χ4n) is 2.02. The van der Waals surface area contributed by atoms with E-state index in [-0.39, 0.29) is 13.1 Å². The smallest absolute Gasteiger partial charge is 0.416 e. The molecule has 0 bridgehead atoms. The Morgan fingerprint density at radius 2 is 2.00 bits per heavy atom. The van der Waals surface area contributed by atoms with Gasteiger partial charge in [0.15, 0.2) is 0 Å². The normalized spacial score (nSPS) is 11.9. The van der Waals surface area contributed by atoms with E-state index in [0.717, 1.165) is 12.1 Å². The highest BCUT2D eigenvalue weighted by Crippen LogP contribution is 2.32. The molecule has 2 aromatic rings. The molecule has 0 aliphatic carbocycles. The van der Waals surface area contributed by atoms with Crippen LogP contribution >= 0.6 is 0 Å². The third-order valence-corrected chi connectivity index (χ3v) is 2.97. The van der Waals surface area contributed by atoms with Crippen molar-refractivity contribution in [3.63, 3.8) is 0 Å². The van der Waals surface area contributed by atoms with Crippen LogP contribution in [0.4, 0.5) is 13.2 Å². The monoisotopic (exact) mass is 313 g/mol. The molecular weight excluding hydrogens is 299 g/mol. The molecule has 0 saturated heterocycles. The number of likely N-dealkylation sites (N-methyl/N-ethyl adjacent to an activating group) is 1. The number of furan rings is 1. The van der Waals surface area contributed by atoms with Crippen molar-refractivity contribution in [2.75, 3.05) is 13.6 Å². The summed E-state index contributed by atoms with van der Waals surface area (Å²) in [5, 5.41) is 8.67. The zero-order valence-electron chi connectivity index (χ0n) is 11.7. The minimum Gasteiger partial charge on any atom is -0.480 e. The average molecular weight is 313 g/mol. The van der Waals surface area contributed by atoms with Gasteiger partial charge in [0.2, 0.25) is 0 Å². The van der Waals surface area contributed by atoms with Crippen LogP contribution in [0.25, 0.3) is 11.3 Å². The summed E-state index contributed by atoms with van der Waals surface area (Å²) in [4.78, 5) is 12.1. The molecule has 0 aliphatic rings. The minimum absolute atomic E-state index is 0.153. The summed E-state index contributed by atoms with van der Waals surface area (Å²) < 4.78 is 43.6. The summed E-state index contributed by atoms with van der Waals surface area (Å²) in [5.41, 5.74) is -0.423. The lowest BCUT2D eigenvalue weighted by Crippen LogP contribution is -2.24. The van der Waals surface area contributed by atoms with Crippen molar-refractivity contribution in [1.29, 1.82) is 0 Å². The van der Waals surface area contributed by atoms with Gasteiger partial charge in [-0.25, -0.2) is 0 Å². The second-order valence-corrected chi connectivity index (χ2v) is 4.91. The second kappa shape index (κ2) is 6.23. The third-order valence-electron chi connectivity index (χ3n) is 2.97. The first-order valence-corrected chi connectivity index (χ1v) is 6.42. The first kappa shape index (κ1) is 16.1. The quantitative estimate of drug-likeness (QED) is 0.918. The highest BCUT2D eigenvalue weighted by atomic mass is 19.4. The number of halogens is 3. The van der Waals surface area contributed by atoms with Gasteiger partial charge in [0.05, 0.1) is 18.7 Å². The first-order valence-electron chi connectivity index (χ1n) is 6.42. The van der Waals surface area contributed by atoms with Crippen LogP contribution in [0, 0.1) is 0 Å². The molecule has 0 saturated carbocycles. The van der Waals surface area contributed by atoms with Crippen LogP contribution < -0.4 is 0 Å². The topological polar surface area (TPSA) is 53.7 Å². The number of carboxylic acid groups (broad SMARTS) is 1. The van der Waals surface area contributed by atoms with Crippen LogP contribution in [0.15, 0.2) is 40.8 Å². The first-order chi connectivity index (χ1) is 10.3. The largest absolute Gasteiger partial charge is 0.480 e. The van der Waals surface area contributed by atoms with E-state index in [9.17, 15) is 18.0 Å². The van der Waals surface area contributed by atoms with Crippen molar-refractivity contribution in [3.05, 3.63) is 47.7 Å². The maximum Gasteiger partial charge on any atom is 0.416 e. The van der Waals surface area contributed by atoms with E-state index >= 15 is 0 Å². The summed E-state index contributed by atoms with van der Waals surface area (Å²) in [7, 11) is 1.61.